The van der Waals surface area contributed by atoms with Crippen LogP contribution < -0.4 is 15.0 Å². The number of pyridine rings is 1. The van der Waals surface area contributed by atoms with E-state index in [-0.39, 0.29) is 5.56 Å². The van der Waals surface area contributed by atoms with Gasteiger partial charge >= 0.3 is 0 Å². The standard InChI is InChI=1S/C21H18BrClN2O3/c1-27-17-4-2-3-14(20(17)28-12-13-5-6-13)7-9-16-19(22)21(26)25-11-15(23)8-10-18(25)24-16/h2-4,7-11,13H,5-6,12H2,1H3. The molecule has 1 fully saturated rings. The van der Waals surface area contributed by atoms with E-state index in [1.54, 1.807) is 31.5 Å². The summed E-state index contributed by atoms with van der Waals surface area (Å²) in [7, 11) is 1.63. The van der Waals surface area contributed by atoms with Crippen LogP contribution in [0.2, 0.25) is 5.02 Å². The summed E-state index contributed by atoms with van der Waals surface area (Å²) >= 11 is 9.34. The van der Waals surface area contributed by atoms with E-state index in [4.69, 9.17) is 21.1 Å². The predicted molar refractivity (Wildman–Crippen MR) is 114 cm³/mol. The van der Waals surface area contributed by atoms with Gasteiger partial charge < -0.3 is 9.47 Å². The van der Waals surface area contributed by atoms with Gasteiger partial charge in [-0.2, -0.15) is 0 Å². The van der Waals surface area contributed by atoms with Gasteiger partial charge in [-0.05, 0) is 65.0 Å². The number of fused-ring (bicyclic) bond motifs is 1. The van der Waals surface area contributed by atoms with Gasteiger partial charge in [-0.25, -0.2) is 4.98 Å². The molecule has 28 heavy (non-hydrogen) atoms. The van der Waals surface area contributed by atoms with E-state index in [2.05, 4.69) is 20.9 Å². The molecule has 1 aromatic carbocycles. The Balaban J connectivity index is 1.72. The molecule has 1 aliphatic rings. The highest BCUT2D eigenvalue weighted by Gasteiger charge is 2.23. The second-order valence-electron chi connectivity index (χ2n) is 6.66. The van der Waals surface area contributed by atoms with Crippen LogP contribution in [0.25, 0.3) is 17.8 Å². The smallest absolute Gasteiger partial charge is 0.272 e. The van der Waals surface area contributed by atoms with Crippen molar-refractivity contribution in [2.24, 2.45) is 5.92 Å². The molecule has 0 spiro atoms. The summed E-state index contributed by atoms with van der Waals surface area (Å²) in [6.45, 7) is 0.682. The van der Waals surface area contributed by atoms with Crippen molar-refractivity contribution < 1.29 is 9.47 Å². The third-order valence-electron chi connectivity index (χ3n) is 4.57. The third-order valence-corrected chi connectivity index (χ3v) is 5.54. The Morgan fingerprint density at radius 1 is 1.29 bits per heavy atom. The van der Waals surface area contributed by atoms with Gasteiger partial charge in [0.05, 0.1) is 24.4 Å². The molecule has 0 bridgehead atoms. The second kappa shape index (κ2) is 7.97. The Hall–Kier alpha value is -2.31. The SMILES string of the molecule is COc1cccc(C=Cc2nc3ccc(Cl)cn3c(=O)c2Br)c1OCC1CC1. The minimum atomic E-state index is -0.219. The zero-order valence-electron chi connectivity index (χ0n) is 15.2. The van der Waals surface area contributed by atoms with Crippen LogP contribution >= 0.6 is 27.5 Å². The summed E-state index contributed by atoms with van der Waals surface area (Å²) in [4.78, 5) is 17.2. The van der Waals surface area contributed by atoms with Crippen molar-refractivity contribution >= 4 is 45.3 Å². The van der Waals surface area contributed by atoms with Crippen LogP contribution in [-0.4, -0.2) is 23.1 Å². The largest absolute Gasteiger partial charge is 0.493 e. The maximum absolute atomic E-state index is 12.6. The van der Waals surface area contributed by atoms with E-state index < -0.39 is 0 Å². The number of methoxy groups -OCH3 is 1. The molecule has 3 aromatic rings. The highest BCUT2D eigenvalue weighted by Crippen LogP contribution is 2.36. The van der Waals surface area contributed by atoms with E-state index in [0.29, 0.717) is 44.9 Å². The van der Waals surface area contributed by atoms with E-state index in [1.807, 2.05) is 24.3 Å². The molecule has 2 heterocycles. The lowest BCUT2D eigenvalue weighted by molar-refractivity contribution is 0.280. The molecule has 0 atom stereocenters. The van der Waals surface area contributed by atoms with Crippen LogP contribution in [0.1, 0.15) is 24.1 Å². The van der Waals surface area contributed by atoms with Crippen molar-refractivity contribution in [3.63, 3.8) is 0 Å². The van der Waals surface area contributed by atoms with Crippen molar-refractivity contribution in [1.82, 2.24) is 9.38 Å². The molecule has 2 aromatic heterocycles. The van der Waals surface area contributed by atoms with Gasteiger partial charge in [-0.1, -0.05) is 23.7 Å². The van der Waals surface area contributed by atoms with Crippen LogP contribution in [0.4, 0.5) is 0 Å². The first-order chi connectivity index (χ1) is 13.6. The molecular weight excluding hydrogens is 444 g/mol. The number of hydrogen-bond donors (Lipinski definition) is 0. The summed E-state index contributed by atoms with van der Waals surface area (Å²) in [6, 6.07) is 9.14. The molecule has 4 rings (SSSR count). The van der Waals surface area contributed by atoms with Gasteiger partial charge in [0.15, 0.2) is 11.5 Å². The molecule has 0 unspecified atom stereocenters. The lowest BCUT2D eigenvalue weighted by Crippen LogP contribution is -2.16. The maximum atomic E-state index is 12.6. The molecule has 0 saturated heterocycles. The fraction of sp³-hybridized carbons (Fsp3) is 0.238. The monoisotopic (exact) mass is 460 g/mol. The fourth-order valence-electron chi connectivity index (χ4n) is 2.85. The number of halogens is 2. The zero-order chi connectivity index (χ0) is 19.7. The third kappa shape index (κ3) is 3.93. The van der Waals surface area contributed by atoms with Gasteiger partial charge in [0, 0.05) is 11.8 Å². The molecule has 144 valence electrons. The van der Waals surface area contributed by atoms with Crippen LogP contribution in [-0.2, 0) is 0 Å². The number of rotatable bonds is 6. The van der Waals surface area contributed by atoms with Gasteiger partial charge in [-0.15, -0.1) is 0 Å². The minimum Gasteiger partial charge on any atom is -0.493 e. The lowest BCUT2D eigenvalue weighted by Gasteiger charge is -2.13. The number of benzene rings is 1. The van der Waals surface area contributed by atoms with Crippen molar-refractivity contribution in [2.75, 3.05) is 13.7 Å². The summed E-state index contributed by atoms with van der Waals surface area (Å²) in [6.07, 6.45) is 7.64. The number of nitrogens with zero attached hydrogens (tertiary/aromatic N) is 2. The predicted octanol–water partition coefficient (Wildman–Crippen LogP) is 5.08. The Bertz CT molecular complexity index is 1120. The van der Waals surface area contributed by atoms with Gasteiger partial charge in [0.25, 0.3) is 5.56 Å². The Labute approximate surface area is 175 Å². The van der Waals surface area contributed by atoms with E-state index in [0.717, 1.165) is 5.56 Å². The number of aromatic nitrogens is 2. The summed E-state index contributed by atoms with van der Waals surface area (Å²) < 4.78 is 13.3. The van der Waals surface area contributed by atoms with Crippen LogP contribution in [0.15, 0.2) is 45.8 Å². The first-order valence-corrected chi connectivity index (χ1v) is 10.1. The topological polar surface area (TPSA) is 52.8 Å². The van der Waals surface area contributed by atoms with Gasteiger partial charge in [0.1, 0.15) is 10.1 Å². The minimum absolute atomic E-state index is 0.219. The van der Waals surface area contributed by atoms with Crippen LogP contribution in [0.5, 0.6) is 11.5 Å². The van der Waals surface area contributed by atoms with E-state index in [1.165, 1.54) is 17.2 Å². The zero-order valence-corrected chi connectivity index (χ0v) is 17.5. The summed E-state index contributed by atoms with van der Waals surface area (Å²) in [5, 5.41) is 0.473. The molecule has 0 amide bonds. The number of ether oxygens (including phenoxy) is 2. The van der Waals surface area contributed by atoms with E-state index >= 15 is 0 Å². The first kappa shape index (κ1) is 19.0. The Kier molecular flexibility index (Phi) is 5.42. The van der Waals surface area contributed by atoms with Gasteiger partial charge in [0.2, 0.25) is 0 Å². The van der Waals surface area contributed by atoms with Crippen molar-refractivity contribution in [3.05, 3.63) is 67.6 Å². The van der Waals surface area contributed by atoms with Crippen molar-refractivity contribution in [2.45, 2.75) is 12.8 Å². The summed E-state index contributed by atoms with van der Waals surface area (Å²) in [5.41, 5.74) is 1.70. The normalized spacial score (nSPS) is 14.0. The first-order valence-electron chi connectivity index (χ1n) is 8.92. The molecule has 0 N–H and O–H groups in total. The Morgan fingerprint density at radius 2 is 2.11 bits per heavy atom. The van der Waals surface area contributed by atoms with E-state index in [9.17, 15) is 4.79 Å². The van der Waals surface area contributed by atoms with Crippen LogP contribution in [0.3, 0.4) is 0 Å². The molecule has 0 radical (unpaired) electrons. The molecule has 1 saturated carbocycles. The molecule has 1 aliphatic carbocycles. The Morgan fingerprint density at radius 3 is 2.86 bits per heavy atom. The molecule has 7 heteroatoms. The molecule has 0 aliphatic heterocycles. The number of para-hydroxylation sites is 1. The maximum Gasteiger partial charge on any atom is 0.272 e. The van der Waals surface area contributed by atoms with Gasteiger partial charge in [-0.3, -0.25) is 9.20 Å². The average molecular weight is 462 g/mol. The van der Waals surface area contributed by atoms with Crippen molar-refractivity contribution in [3.8, 4) is 11.5 Å². The molecular formula is C21H18BrClN2O3. The molecule has 5 nitrogen and oxygen atoms in total. The average Bonchev–Trinajstić information content (AvgIpc) is 3.53. The fourth-order valence-corrected chi connectivity index (χ4v) is 3.43. The van der Waals surface area contributed by atoms with Crippen LogP contribution in [0, 0.1) is 5.92 Å². The quantitative estimate of drug-likeness (QED) is 0.514. The highest BCUT2D eigenvalue weighted by molar-refractivity contribution is 9.10. The highest BCUT2D eigenvalue weighted by atomic mass is 79.9. The lowest BCUT2D eigenvalue weighted by atomic mass is 10.1. The second-order valence-corrected chi connectivity index (χ2v) is 7.89. The van der Waals surface area contributed by atoms with Crippen molar-refractivity contribution in [1.29, 1.82) is 0 Å². The summed E-state index contributed by atoms with van der Waals surface area (Å²) in [5.74, 6) is 2.02. The number of hydrogen-bond acceptors (Lipinski definition) is 4.